The summed E-state index contributed by atoms with van der Waals surface area (Å²) in [5.41, 5.74) is 0.0442. The summed E-state index contributed by atoms with van der Waals surface area (Å²) in [5, 5.41) is 26.0. The molecule has 4 N–H and O–H groups in total. The van der Waals surface area contributed by atoms with Gasteiger partial charge in [-0.1, -0.05) is 11.6 Å². The molecule has 0 saturated carbocycles. The molecule has 0 aliphatic heterocycles. The highest BCUT2D eigenvalue weighted by Crippen LogP contribution is 2.34. The molecule has 0 unspecified atom stereocenters. The lowest BCUT2D eigenvalue weighted by Gasteiger charge is -2.23. The minimum Gasteiger partial charge on any atom is -0.392 e. The molecule has 0 aliphatic rings. The molecular formula is C22H23ClFN5O3. The zero-order valence-electron chi connectivity index (χ0n) is 17.7. The third-order valence-corrected chi connectivity index (χ3v) is 4.77. The van der Waals surface area contributed by atoms with Crippen molar-refractivity contribution in [3.8, 4) is 11.3 Å². The fourth-order valence-corrected chi connectivity index (χ4v) is 3.12. The maximum atomic E-state index is 14.4. The van der Waals surface area contributed by atoms with E-state index in [9.17, 15) is 19.4 Å². The third-order valence-electron chi connectivity index (χ3n) is 4.54. The van der Waals surface area contributed by atoms with Crippen molar-refractivity contribution in [3.63, 3.8) is 0 Å². The predicted octanol–water partition coefficient (Wildman–Crippen LogP) is 3.41. The average molecular weight is 460 g/mol. The summed E-state index contributed by atoms with van der Waals surface area (Å²) in [7, 11) is 0. The van der Waals surface area contributed by atoms with Crippen molar-refractivity contribution in [1.82, 2.24) is 20.3 Å². The number of nitrogens with one attached hydrogen (secondary N) is 2. The molecular weight excluding hydrogens is 437 g/mol. The van der Waals surface area contributed by atoms with Crippen molar-refractivity contribution in [3.05, 3.63) is 65.0 Å². The minimum atomic E-state index is -1.30. The number of aliphatic hydroxyl groups excluding tert-OH is 1. The fraction of sp³-hybridized carbons (Fsp3) is 0.273. The zero-order valence-corrected chi connectivity index (χ0v) is 18.5. The van der Waals surface area contributed by atoms with Crippen LogP contribution in [0.3, 0.4) is 0 Å². The number of amides is 1. The molecule has 0 spiro atoms. The van der Waals surface area contributed by atoms with Crippen LogP contribution in [0.1, 0.15) is 36.7 Å². The van der Waals surface area contributed by atoms with E-state index in [1.165, 1.54) is 36.9 Å². The number of pyridine rings is 1. The SMILES string of the molecule is C[C@H](O)CNC(=O)c1cncnc1Nc1cc(-c2cc(Cl)ccc2F)ncc1C(C)(C)O. The van der Waals surface area contributed by atoms with Crippen LogP contribution >= 0.6 is 11.6 Å². The third kappa shape index (κ3) is 5.56. The molecule has 2 heterocycles. The number of benzene rings is 1. The van der Waals surface area contributed by atoms with Gasteiger partial charge in [0.25, 0.3) is 5.91 Å². The molecule has 8 nitrogen and oxygen atoms in total. The monoisotopic (exact) mass is 459 g/mol. The number of halogens is 2. The smallest absolute Gasteiger partial charge is 0.256 e. The van der Waals surface area contributed by atoms with Crippen LogP contribution in [0.25, 0.3) is 11.3 Å². The van der Waals surface area contributed by atoms with Crippen molar-refractivity contribution in [2.45, 2.75) is 32.5 Å². The number of hydrogen-bond acceptors (Lipinski definition) is 7. The predicted molar refractivity (Wildman–Crippen MR) is 119 cm³/mol. The standard InChI is InChI=1S/C22H23ClFN5O3/c1-12(30)8-27-21(31)15-9-25-11-28-20(15)29-19-7-18(26-10-16(19)22(2,3)32)14-6-13(23)4-5-17(14)24/h4-7,9-12,30,32H,8H2,1-3H3,(H,27,31)(H,25,26,28,29)/t12-/m0/s1. The van der Waals surface area contributed by atoms with Gasteiger partial charge in [0.05, 0.1) is 17.4 Å². The number of aliphatic hydroxyl groups is 2. The Bertz CT molecular complexity index is 1130. The average Bonchev–Trinajstić information content (AvgIpc) is 2.73. The first kappa shape index (κ1) is 23.5. The molecule has 3 rings (SSSR count). The van der Waals surface area contributed by atoms with Gasteiger partial charge in [-0.05, 0) is 45.0 Å². The fourth-order valence-electron chi connectivity index (χ4n) is 2.95. The van der Waals surface area contributed by atoms with Crippen LogP contribution in [-0.4, -0.2) is 43.7 Å². The zero-order chi connectivity index (χ0) is 23.5. The van der Waals surface area contributed by atoms with Crippen LogP contribution in [0, 0.1) is 5.82 Å². The molecule has 1 atom stereocenters. The van der Waals surface area contributed by atoms with Gasteiger partial charge in [0.1, 0.15) is 23.5 Å². The first-order valence-corrected chi connectivity index (χ1v) is 10.2. The molecule has 32 heavy (non-hydrogen) atoms. The van der Waals surface area contributed by atoms with Crippen molar-refractivity contribution in [2.24, 2.45) is 0 Å². The van der Waals surface area contributed by atoms with Crippen molar-refractivity contribution < 1.29 is 19.4 Å². The summed E-state index contributed by atoms with van der Waals surface area (Å²) in [6.07, 6.45) is 3.29. The number of anilines is 2. The molecule has 0 fully saturated rings. The topological polar surface area (TPSA) is 120 Å². The lowest BCUT2D eigenvalue weighted by molar-refractivity contribution is 0.0790. The van der Waals surface area contributed by atoms with Gasteiger partial charge in [0, 0.05) is 40.8 Å². The van der Waals surface area contributed by atoms with Crippen LogP contribution in [0.5, 0.6) is 0 Å². The molecule has 10 heteroatoms. The molecule has 0 aliphatic carbocycles. The minimum absolute atomic E-state index is 0.0511. The first-order valence-electron chi connectivity index (χ1n) is 9.78. The van der Waals surface area contributed by atoms with E-state index in [1.807, 2.05) is 0 Å². The summed E-state index contributed by atoms with van der Waals surface area (Å²) >= 11 is 6.02. The van der Waals surface area contributed by atoms with Gasteiger partial charge in [-0.15, -0.1) is 0 Å². The van der Waals surface area contributed by atoms with Crippen molar-refractivity contribution in [1.29, 1.82) is 0 Å². The van der Waals surface area contributed by atoms with Gasteiger partial charge < -0.3 is 20.8 Å². The van der Waals surface area contributed by atoms with E-state index in [0.717, 1.165) is 0 Å². The van der Waals surface area contributed by atoms with Gasteiger partial charge >= 0.3 is 0 Å². The van der Waals surface area contributed by atoms with E-state index in [2.05, 4.69) is 25.6 Å². The van der Waals surface area contributed by atoms with Crippen molar-refractivity contribution >= 4 is 29.0 Å². The van der Waals surface area contributed by atoms with Crippen LogP contribution in [0.15, 0.2) is 43.0 Å². The maximum Gasteiger partial charge on any atom is 0.256 e. The van der Waals surface area contributed by atoms with Crippen LogP contribution in [0.2, 0.25) is 5.02 Å². The van der Waals surface area contributed by atoms with Gasteiger partial charge in [-0.2, -0.15) is 0 Å². The van der Waals surface area contributed by atoms with E-state index < -0.39 is 23.4 Å². The maximum absolute atomic E-state index is 14.4. The highest BCUT2D eigenvalue weighted by Gasteiger charge is 2.24. The second-order valence-electron chi connectivity index (χ2n) is 7.77. The van der Waals surface area contributed by atoms with Crippen LogP contribution in [-0.2, 0) is 5.60 Å². The van der Waals surface area contributed by atoms with Crippen LogP contribution < -0.4 is 10.6 Å². The highest BCUT2D eigenvalue weighted by molar-refractivity contribution is 6.30. The van der Waals surface area contributed by atoms with Gasteiger partial charge in [0.15, 0.2) is 0 Å². The normalized spacial score (nSPS) is 12.3. The Labute approximate surface area is 189 Å². The summed E-state index contributed by atoms with van der Waals surface area (Å²) < 4.78 is 14.4. The number of rotatable bonds is 7. The Kier molecular flexibility index (Phi) is 7.02. The van der Waals surface area contributed by atoms with E-state index >= 15 is 0 Å². The number of nitrogens with zero attached hydrogens (tertiary/aromatic N) is 3. The van der Waals surface area contributed by atoms with Crippen molar-refractivity contribution in [2.75, 3.05) is 11.9 Å². The summed E-state index contributed by atoms with van der Waals surface area (Å²) in [6, 6.07) is 5.67. The lowest BCUT2D eigenvalue weighted by Crippen LogP contribution is -2.31. The van der Waals surface area contributed by atoms with E-state index in [1.54, 1.807) is 26.8 Å². The molecule has 1 aromatic carbocycles. The first-order chi connectivity index (χ1) is 15.1. The molecule has 1 amide bonds. The van der Waals surface area contributed by atoms with Gasteiger partial charge in [-0.3, -0.25) is 9.78 Å². The number of carbonyl (C=O) groups excluding carboxylic acids is 1. The van der Waals surface area contributed by atoms with Crippen LogP contribution in [0.4, 0.5) is 15.9 Å². The molecule has 3 aromatic rings. The summed E-state index contributed by atoms with van der Waals surface area (Å²) in [6.45, 7) is 4.75. The molecule has 0 saturated heterocycles. The Hall–Kier alpha value is -3.14. The second-order valence-corrected chi connectivity index (χ2v) is 8.20. The second kappa shape index (κ2) is 9.56. The largest absolute Gasteiger partial charge is 0.392 e. The lowest BCUT2D eigenvalue weighted by atomic mass is 9.97. The Morgan fingerprint density at radius 2 is 2.00 bits per heavy atom. The number of hydrogen-bond donors (Lipinski definition) is 4. The van der Waals surface area contributed by atoms with Gasteiger partial charge in [0.2, 0.25) is 0 Å². The molecule has 2 aromatic heterocycles. The Balaban J connectivity index is 2.06. The molecule has 168 valence electrons. The summed E-state index contributed by atoms with van der Waals surface area (Å²) in [4.78, 5) is 24.9. The van der Waals surface area contributed by atoms with E-state index in [4.69, 9.17) is 11.6 Å². The Morgan fingerprint density at radius 1 is 1.25 bits per heavy atom. The quantitative estimate of drug-likeness (QED) is 0.427. The molecule has 0 radical (unpaired) electrons. The van der Waals surface area contributed by atoms with E-state index in [0.29, 0.717) is 16.3 Å². The molecule has 0 bridgehead atoms. The Morgan fingerprint density at radius 3 is 2.69 bits per heavy atom. The summed E-state index contributed by atoms with van der Waals surface area (Å²) in [5.74, 6) is -0.838. The van der Waals surface area contributed by atoms with Gasteiger partial charge in [-0.25, -0.2) is 14.4 Å². The number of carbonyl (C=O) groups is 1. The van der Waals surface area contributed by atoms with E-state index in [-0.39, 0.29) is 29.2 Å². The highest BCUT2D eigenvalue weighted by atomic mass is 35.5. The number of aromatic nitrogens is 3.